The van der Waals surface area contributed by atoms with Gasteiger partial charge in [-0.2, -0.15) is 5.10 Å². The Morgan fingerprint density at radius 2 is 2.24 bits per heavy atom. The maximum absolute atomic E-state index is 12.2. The van der Waals surface area contributed by atoms with Crippen molar-refractivity contribution in [1.29, 1.82) is 0 Å². The van der Waals surface area contributed by atoms with Crippen LogP contribution >= 0.6 is 0 Å². The van der Waals surface area contributed by atoms with Crippen LogP contribution in [0, 0.1) is 0 Å². The van der Waals surface area contributed by atoms with Crippen LogP contribution in [-0.4, -0.2) is 30.6 Å². The number of amides is 1. The van der Waals surface area contributed by atoms with Crippen molar-refractivity contribution in [3.8, 4) is 5.82 Å². The second-order valence-corrected chi connectivity index (χ2v) is 4.09. The molecule has 104 valence electrons. The summed E-state index contributed by atoms with van der Waals surface area (Å²) in [5.41, 5.74) is 0.0830. The highest BCUT2D eigenvalue weighted by atomic mass is 16.2. The fourth-order valence-corrected chi connectivity index (χ4v) is 1.78. The van der Waals surface area contributed by atoms with Gasteiger partial charge in [0.25, 0.3) is 5.91 Å². The van der Waals surface area contributed by atoms with Crippen LogP contribution < -0.4 is 10.7 Å². The van der Waals surface area contributed by atoms with Gasteiger partial charge >= 0.3 is 0 Å². The van der Waals surface area contributed by atoms with E-state index >= 15 is 0 Å². The van der Waals surface area contributed by atoms with Gasteiger partial charge in [-0.1, -0.05) is 0 Å². The second kappa shape index (κ2) is 5.37. The lowest BCUT2D eigenvalue weighted by atomic mass is 10.2. The minimum atomic E-state index is -0.522. The van der Waals surface area contributed by atoms with E-state index in [1.54, 1.807) is 18.3 Å². The van der Waals surface area contributed by atoms with E-state index < -0.39 is 5.91 Å². The summed E-state index contributed by atoms with van der Waals surface area (Å²) in [7, 11) is 0. The second-order valence-electron chi connectivity index (χ2n) is 4.09. The van der Waals surface area contributed by atoms with Gasteiger partial charge in [0.05, 0.1) is 5.69 Å². The first kappa shape index (κ1) is 12.7. The van der Waals surface area contributed by atoms with Crippen molar-refractivity contribution in [2.45, 2.75) is 0 Å². The van der Waals surface area contributed by atoms with Gasteiger partial charge in [0.1, 0.15) is 18.2 Å². The molecule has 0 saturated heterocycles. The van der Waals surface area contributed by atoms with Gasteiger partial charge in [0, 0.05) is 24.7 Å². The number of nitrogens with zero attached hydrogens (tertiary/aromatic N) is 4. The summed E-state index contributed by atoms with van der Waals surface area (Å²) in [6.45, 7) is 0. The Morgan fingerprint density at radius 1 is 1.33 bits per heavy atom. The van der Waals surface area contributed by atoms with E-state index in [1.165, 1.54) is 35.8 Å². The van der Waals surface area contributed by atoms with E-state index in [2.05, 4.69) is 25.4 Å². The average molecular weight is 282 g/mol. The molecule has 0 aliphatic heterocycles. The van der Waals surface area contributed by atoms with E-state index in [0.29, 0.717) is 11.5 Å². The predicted octanol–water partition coefficient (Wildman–Crippen LogP) is 0.603. The molecular weight excluding hydrogens is 272 g/mol. The molecule has 0 spiro atoms. The standard InChI is InChI=1S/C13H10N6O2/c20-11-3-5-14-6-9(11)13(21)18-10-2-1-4-16-12(10)19-8-15-7-17-19/h1-8H,(H,14,20)(H,18,21). The molecule has 3 aromatic heterocycles. The fourth-order valence-electron chi connectivity index (χ4n) is 1.78. The maximum Gasteiger partial charge on any atom is 0.261 e. The molecule has 3 rings (SSSR count). The zero-order valence-corrected chi connectivity index (χ0v) is 10.7. The molecule has 0 unspecified atom stereocenters. The minimum Gasteiger partial charge on any atom is -0.367 e. The topological polar surface area (TPSA) is 106 Å². The molecule has 2 N–H and O–H groups in total. The Hall–Kier alpha value is -3.29. The third kappa shape index (κ3) is 2.54. The number of anilines is 1. The van der Waals surface area contributed by atoms with E-state index in [9.17, 15) is 9.59 Å². The first-order valence-electron chi connectivity index (χ1n) is 6.04. The first-order valence-corrected chi connectivity index (χ1v) is 6.04. The zero-order valence-electron chi connectivity index (χ0n) is 10.7. The van der Waals surface area contributed by atoms with Crippen LogP contribution in [-0.2, 0) is 0 Å². The van der Waals surface area contributed by atoms with Gasteiger partial charge in [-0.05, 0) is 12.1 Å². The number of carbonyl (C=O) groups excluding carboxylic acids is 1. The van der Waals surface area contributed by atoms with Crippen molar-refractivity contribution in [1.82, 2.24) is 24.7 Å². The quantitative estimate of drug-likeness (QED) is 0.732. The molecule has 0 radical (unpaired) electrons. The highest BCUT2D eigenvalue weighted by Crippen LogP contribution is 2.16. The number of rotatable bonds is 3. The summed E-state index contributed by atoms with van der Waals surface area (Å²) in [5.74, 6) is -0.109. The normalized spacial score (nSPS) is 10.3. The van der Waals surface area contributed by atoms with Crippen molar-refractivity contribution < 1.29 is 4.79 Å². The molecule has 0 saturated carbocycles. The molecule has 0 aromatic carbocycles. The van der Waals surface area contributed by atoms with Gasteiger partial charge < -0.3 is 10.3 Å². The Labute approximate surface area is 118 Å². The van der Waals surface area contributed by atoms with Gasteiger partial charge in [-0.25, -0.2) is 14.6 Å². The average Bonchev–Trinajstić information content (AvgIpc) is 3.02. The molecule has 0 aliphatic rings. The largest absolute Gasteiger partial charge is 0.367 e. The molecule has 3 aromatic rings. The van der Waals surface area contributed by atoms with Crippen LogP contribution in [0.5, 0.6) is 0 Å². The van der Waals surface area contributed by atoms with E-state index in [0.717, 1.165) is 0 Å². The molecule has 3 heterocycles. The molecule has 1 amide bonds. The molecule has 8 nitrogen and oxygen atoms in total. The molecule has 0 atom stereocenters. The van der Waals surface area contributed by atoms with E-state index in [4.69, 9.17) is 0 Å². The summed E-state index contributed by atoms with van der Waals surface area (Å²) >= 11 is 0. The maximum atomic E-state index is 12.2. The summed E-state index contributed by atoms with van der Waals surface area (Å²) in [5, 5.41) is 6.61. The predicted molar refractivity (Wildman–Crippen MR) is 74.2 cm³/mol. The summed E-state index contributed by atoms with van der Waals surface area (Å²) in [6.07, 6.45) is 7.21. The summed E-state index contributed by atoms with van der Waals surface area (Å²) in [4.78, 5) is 34.5. The Balaban J connectivity index is 1.95. The minimum absolute atomic E-state index is 0.0193. The third-order valence-electron chi connectivity index (χ3n) is 2.74. The Morgan fingerprint density at radius 3 is 3.00 bits per heavy atom. The number of aromatic amines is 1. The molecule has 0 fully saturated rings. The monoisotopic (exact) mass is 282 g/mol. The molecular formula is C13H10N6O2. The molecule has 8 heteroatoms. The van der Waals surface area contributed by atoms with Gasteiger partial charge in [-0.3, -0.25) is 9.59 Å². The SMILES string of the molecule is O=C(Nc1cccnc1-n1cncn1)c1c[nH]ccc1=O. The number of nitrogens with one attached hydrogen (secondary N) is 2. The van der Waals surface area contributed by atoms with Gasteiger partial charge in [0.15, 0.2) is 11.2 Å². The van der Waals surface area contributed by atoms with Crippen molar-refractivity contribution >= 4 is 11.6 Å². The molecule has 21 heavy (non-hydrogen) atoms. The fraction of sp³-hybridized carbons (Fsp3) is 0. The van der Waals surface area contributed by atoms with Gasteiger partial charge in [0.2, 0.25) is 0 Å². The van der Waals surface area contributed by atoms with E-state index in [-0.39, 0.29) is 11.0 Å². The van der Waals surface area contributed by atoms with Crippen molar-refractivity contribution in [2.24, 2.45) is 0 Å². The zero-order chi connectivity index (χ0) is 14.7. The summed E-state index contributed by atoms with van der Waals surface area (Å²) in [6, 6.07) is 4.63. The van der Waals surface area contributed by atoms with Crippen molar-refractivity contribution in [3.63, 3.8) is 0 Å². The number of H-pyrrole nitrogens is 1. The molecule has 0 bridgehead atoms. The van der Waals surface area contributed by atoms with E-state index in [1.807, 2.05) is 0 Å². The van der Waals surface area contributed by atoms with Crippen LogP contribution in [0.1, 0.15) is 10.4 Å². The summed E-state index contributed by atoms with van der Waals surface area (Å²) < 4.78 is 1.42. The first-order chi connectivity index (χ1) is 10.3. The van der Waals surface area contributed by atoms with Crippen LogP contribution in [0.15, 0.2) is 54.2 Å². The molecule has 0 aliphatic carbocycles. The Kier molecular flexibility index (Phi) is 3.26. The lowest BCUT2D eigenvalue weighted by Gasteiger charge is -2.09. The Bertz CT molecular complexity index is 824. The number of aromatic nitrogens is 5. The number of hydrogen-bond donors (Lipinski definition) is 2. The third-order valence-corrected chi connectivity index (χ3v) is 2.74. The number of pyridine rings is 2. The van der Waals surface area contributed by atoms with Gasteiger partial charge in [-0.15, -0.1) is 0 Å². The highest BCUT2D eigenvalue weighted by molar-refractivity contribution is 6.04. The van der Waals surface area contributed by atoms with Crippen LogP contribution in [0.4, 0.5) is 5.69 Å². The van der Waals surface area contributed by atoms with Crippen LogP contribution in [0.3, 0.4) is 0 Å². The highest BCUT2D eigenvalue weighted by Gasteiger charge is 2.13. The van der Waals surface area contributed by atoms with Crippen molar-refractivity contribution in [2.75, 3.05) is 5.32 Å². The van der Waals surface area contributed by atoms with Crippen LogP contribution in [0.25, 0.3) is 5.82 Å². The van der Waals surface area contributed by atoms with Crippen LogP contribution in [0.2, 0.25) is 0 Å². The number of carbonyl (C=O) groups is 1. The number of hydrogen-bond acceptors (Lipinski definition) is 5. The lowest BCUT2D eigenvalue weighted by Crippen LogP contribution is -2.21. The smallest absolute Gasteiger partial charge is 0.261 e. The van der Waals surface area contributed by atoms with Crippen molar-refractivity contribution in [3.05, 3.63) is 65.2 Å². The lowest BCUT2D eigenvalue weighted by molar-refractivity contribution is 0.102.